The van der Waals surface area contributed by atoms with Crippen molar-refractivity contribution < 1.29 is 13.2 Å². The van der Waals surface area contributed by atoms with Gasteiger partial charge in [0.05, 0.1) is 16.7 Å². The number of aromatic nitrogens is 2. The summed E-state index contributed by atoms with van der Waals surface area (Å²) in [7, 11) is -3.54. The average Bonchev–Trinajstić information content (AvgIpc) is 2.86. The van der Waals surface area contributed by atoms with Crippen LogP contribution in [0.4, 0.5) is 0 Å². The number of nitrogens with one attached hydrogen (secondary N) is 1. The highest BCUT2D eigenvalue weighted by Crippen LogP contribution is 2.20. The first-order valence-electron chi connectivity index (χ1n) is 8.15. The molecular weight excluding hydrogens is 326 g/mol. The van der Waals surface area contributed by atoms with Crippen LogP contribution in [0.25, 0.3) is 0 Å². The van der Waals surface area contributed by atoms with Gasteiger partial charge in [-0.15, -0.1) is 0 Å². The zero-order valence-corrected chi connectivity index (χ0v) is 15.0. The summed E-state index contributed by atoms with van der Waals surface area (Å²) in [5, 5.41) is 0. The van der Waals surface area contributed by atoms with Gasteiger partial charge in [0.15, 0.2) is 0 Å². The molecule has 2 heterocycles. The zero-order valence-electron chi connectivity index (χ0n) is 14.2. The second-order valence-electron chi connectivity index (χ2n) is 6.45. The van der Waals surface area contributed by atoms with Crippen molar-refractivity contribution in [2.45, 2.75) is 57.2 Å². The van der Waals surface area contributed by atoms with Gasteiger partial charge in [-0.2, -0.15) is 0 Å². The summed E-state index contributed by atoms with van der Waals surface area (Å²) in [6.07, 6.45) is 3.56. The van der Waals surface area contributed by atoms with E-state index in [4.69, 9.17) is 4.74 Å². The Labute approximate surface area is 142 Å². The van der Waals surface area contributed by atoms with Gasteiger partial charge in [0.1, 0.15) is 11.6 Å². The average molecular weight is 349 g/mol. The molecule has 0 amide bonds. The number of ether oxygens (including phenoxy) is 1. The van der Waals surface area contributed by atoms with E-state index in [-0.39, 0.29) is 17.0 Å². The number of hydrogen-bond donors (Lipinski definition) is 1. The quantitative estimate of drug-likeness (QED) is 0.899. The minimum absolute atomic E-state index is 0.0562. The zero-order chi connectivity index (χ0) is 17.3. The number of rotatable bonds is 5. The summed E-state index contributed by atoms with van der Waals surface area (Å²) >= 11 is 0. The molecule has 130 valence electrons. The Morgan fingerprint density at radius 1 is 1.29 bits per heavy atom. The first kappa shape index (κ1) is 17.0. The highest BCUT2D eigenvalue weighted by Gasteiger charge is 2.25. The Hall–Kier alpha value is -1.86. The van der Waals surface area contributed by atoms with Crippen molar-refractivity contribution in [3.05, 3.63) is 42.0 Å². The molecule has 0 unspecified atom stereocenters. The molecule has 0 saturated carbocycles. The van der Waals surface area contributed by atoms with E-state index in [1.165, 1.54) is 0 Å². The van der Waals surface area contributed by atoms with Crippen LogP contribution in [0.2, 0.25) is 0 Å². The van der Waals surface area contributed by atoms with Crippen LogP contribution in [0.3, 0.4) is 0 Å². The molecule has 0 radical (unpaired) electrons. The molecule has 0 aliphatic carbocycles. The van der Waals surface area contributed by atoms with Crippen molar-refractivity contribution in [3.8, 4) is 5.75 Å². The number of benzene rings is 1. The number of aryl methyl sites for hydroxylation is 2. The summed E-state index contributed by atoms with van der Waals surface area (Å²) in [4.78, 5) is 4.70. The van der Waals surface area contributed by atoms with Crippen molar-refractivity contribution in [1.29, 1.82) is 0 Å². The second kappa shape index (κ2) is 6.57. The van der Waals surface area contributed by atoms with E-state index >= 15 is 0 Å². The Morgan fingerprint density at radius 3 is 2.67 bits per heavy atom. The maximum Gasteiger partial charge on any atom is 0.240 e. The Kier molecular flexibility index (Phi) is 4.64. The van der Waals surface area contributed by atoms with Gasteiger partial charge < -0.3 is 9.30 Å². The highest BCUT2D eigenvalue weighted by molar-refractivity contribution is 7.89. The van der Waals surface area contributed by atoms with Crippen LogP contribution in [0, 0.1) is 6.92 Å². The molecule has 1 N–H and O–H groups in total. The van der Waals surface area contributed by atoms with Gasteiger partial charge in [0.25, 0.3) is 0 Å². The van der Waals surface area contributed by atoms with Gasteiger partial charge in [0, 0.05) is 25.2 Å². The van der Waals surface area contributed by atoms with E-state index in [2.05, 4.69) is 9.71 Å². The summed E-state index contributed by atoms with van der Waals surface area (Å²) in [5.41, 5.74) is 0.967. The Balaban J connectivity index is 1.70. The molecule has 0 saturated heterocycles. The predicted octanol–water partition coefficient (Wildman–Crippen LogP) is 2.27. The smallest absolute Gasteiger partial charge is 0.240 e. The third-order valence-electron chi connectivity index (χ3n) is 3.94. The summed E-state index contributed by atoms with van der Waals surface area (Å²) < 4.78 is 35.5. The Morgan fingerprint density at radius 2 is 2.00 bits per heavy atom. The van der Waals surface area contributed by atoms with Crippen LogP contribution in [0.5, 0.6) is 5.75 Å². The second-order valence-corrected chi connectivity index (χ2v) is 8.16. The van der Waals surface area contributed by atoms with E-state index in [0.29, 0.717) is 12.3 Å². The van der Waals surface area contributed by atoms with Crippen molar-refractivity contribution in [3.63, 3.8) is 0 Å². The molecule has 0 spiro atoms. The van der Waals surface area contributed by atoms with Gasteiger partial charge in [-0.3, -0.25) is 0 Å². The third-order valence-corrected chi connectivity index (χ3v) is 5.48. The number of sulfonamides is 1. The van der Waals surface area contributed by atoms with Crippen LogP contribution in [0.1, 0.15) is 31.8 Å². The fraction of sp³-hybridized carbons (Fsp3) is 0.471. The van der Waals surface area contributed by atoms with Crippen LogP contribution < -0.4 is 9.46 Å². The molecule has 1 aromatic heterocycles. The number of imidazole rings is 1. The SMILES string of the molecule is Cc1cn2c(n1)CC[C@@H](NS(=O)(=O)c1ccc(OC(C)C)cc1)C2. The molecule has 1 aliphatic rings. The van der Waals surface area contributed by atoms with Gasteiger partial charge in [-0.1, -0.05) is 0 Å². The summed E-state index contributed by atoms with van der Waals surface area (Å²) in [6, 6.07) is 6.41. The van der Waals surface area contributed by atoms with Crippen molar-refractivity contribution in [1.82, 2.24) is 14.3 Å². The molecule has 0 fully saturated rings. The lowest BCUT2D eigenvalue weighted by atomic mass is 10.1. The largest absolute Gasteiger partial charge is 0.491 e. The summed E-state index contributed by atoms with van der Waals surface area (Å²) in [5.74, 6) is 1.69. The maximum atomic E-state index is 12.6. The van der Waals surface area contributed by atoms with Crippen molar-refractivity contribution >= 4 is 10.0 Å². The Bertz CT molecular complexity index is 810. The molecule has 3 rings (SSSR count). The third kappa shape index (κ3) is 3.79. The van der Waals surface area contributed by atoms with E-state index in [1.54, 1.807) is 24.3 Å². The monoisotopic (exact) mass is 349 g/mol. The molecule has 6 nitrogen and oxygen atoms in total. The van der Waals surface area contributed by atoms with Gasteiger partial charge >= 0.3 is 0 Å². The van der Waals surface area contributed by atoms with E-state index in [1.807, 2.05) is 31.5 Å². The molecule has 24 heavy (non-hydrogen) atoms. The molecule has 2 aromatic rings. The van der Waals surface area contributed by atoms with E-state index in [0.717, 1.165) is 24.4 Å². The topological polar surface area (TPSA) is 73.2 Å². The normalized spacial score (nSPS) is 17.8. The van der Waals surface area contributed by atoms with Crippen LogP contribution in [0.15, 0.2) is 35.4 Å². The van der Waals surface area contributed by atoms with Crippen LogP contribution in [-0.2, 0) is 23.0 Å². The van der Waals surface area contributed by atoms with Gasteiger partial charge in [-0.25, -0.2) is 18.1 Å². The molecule has 1 aliphatic heterocycles. The van der Waals surface area contributed by atoms with E-state index in [9.17, 15) is 8.42 Å². The fourth-order valence-corrected chi connectivity index (χ4v) is 4.20. The molecule has 1 atom stereocenters. The number of nitrogens with zero attached hydrogens (tertiary/aromatic N) is 2. The molecule has 1 aromatic carbocycles. The van der Waals surface area contributed by atoms with E-state index < -0.39 is 10.0 Å². The summed E-state index contributed by atoms with van der Waals surface area (Å²) in [6.45, 7) is 6.43. The maximum absolute atomic E-state index is 12.6. The highest BCUT2D eigenvalue weighted by atomic mass is 32.2. The fourth-order valence-electron chi connectivity index (χ4n) is 2.94. The van der Waals surface area contributed by atoms with Gasteiger partial charge in [-0.05, 0) is 51.5 Å². The molecule has 0 bridgehead atoms. The minimum atomic E-state index is -3.54. The number of hydrogen-bond acceptors (Lipinski definition) is 4. The predicted molar refractivity (Wildman–Crippen MR) is 91.6 cm³/mol. The first-order chi connectivity index (χ1) is 11.3. The van der Waals surface area contributed by atoms with Crippen LogP contribution >= 0.6 is 0 Å². The molecular formula is C17H23N3O3S. The minimum Gasteiger partial charge on any atom is -0.491 e. The van der Waals surface area contributed by atoms with Crippen LogP contribution in [-0.4, -0.2) is 30.1 Å². The lowest BCUT2D eigenvalue weighted by molar-refractivity contribution is 0.242. The molecule has 7 heteroatoms. The van der Waals surface area contributed by atoms with Crippen molar-refractivity contribution in [2.24, 2.45) is 0 Å². The lowest BCUT2D eigenvalue weighted by Gasteiger charge is -2.24. The number of fused-ring (bicyclic) bond motifs is 1. The van der Waals surface area contributed by atoms with Gasteiger partial charge in [0.2, 0.25) is 10.0 Å². The first-order valence-corrected chi connectivity index (χ1v) is 9.63. The standard InChI is InChI=1S/C17H23N3O3S/c1-12(2)23-15-5-7-16(8-6-15)24(21,22)19-14-4-9-17-18-13(3)10-20(17)11-14/h5-8,10,12,14,19H,4,9,11H2,1-3H3/t14-/m1/s1. The lowest BCUT2D eigenvalue weighted by Crippen LogP contribution is -2.40. The van der Waals surface area contributed by atoms with Crippen molar-refractivity contribution in [2.75, 3.05) is 0 Å².